The normalized spacial score (nSPS) is 13.3. The Labute approximate surface area is 126 Å². The van der Waals surface area contributed by atoms with Gasteiger partial charge in [-0.1, -0.05) is 6.92 Å². The van der Waals surface area contributed by atoms with Crippen molar-refractivity contribution in [3.8, 4) is 0 Å². The lowest BCUT2D eigenvalue weighted by Gasteiger charge is -2.15. The molecule has 0 bridgehead atoms. The third-order valence-corrected chi connectivity index (χ3v) is 5.02. The van der Waals surface area contributed by atoms with E-state index in [0.29, 0.717) is 22.4 Å². The zero-order valence-electron chi connectivity index (χ0n) is 10.8. The Hall–Kier alpha value is -1.38. The molecule has 1 aromatic carbocycles. The molecule has 1 aromatic heterocycles. The van der Waals surface area contributed by atoms with Crippen molar-refractivity contribution in [2.45, 2.75) is 24.3 Å². The van der Waals surface area contributed by atoms with E-state index >= 15 is 0 Å². The fourth-order valence-electron chi connectivity index (χ4n) is 1.74. The molecule has 2 rings (SSSR count). The van der Waals surface area contributed by atoms with Gasteiger partial charge in [0.05, 0.1) is 10.9 Å². The van der Waals surface area contributed by atoms with Crippen LogP contribution in [0.25, 0.3) is 0 Å². The van der Waals surface area contributed by atoms with Crippen LogP contribution in [0.15, 0.2) is 40.0 Å². The topological polar surface area (TPSA) is 101 Å². The lowest BCUT2D eigenvalue weighted by atomic mass is 10.2. The Morgan fingerprint density at radius 1 is 1.50 bits per heavy atom. The average molecular weight is 359 g/mol. The SMILES string of the molecule is CCC(NS(=O)(=O)c1ccc(Br)c(N)c1)c1ncc[nH]1. The van der Waals surface area contributed by atoms with Crippen LogP contribution < -0.4 is 10.5 Å². The molecule has 8 heteroatoms. The molecule has 1 unspecified atom stereocenters. The van der Waals surface area contributed by atoms with Crippen LogP contribution in [0.4, 0.5) is 5.69 Å². The maximum atomic E-state index is 12.3. The van der Waals surface area contributed by atoms with E-state index in [2.05, 4.69) is 30.6 Å². The molecule has 1 heterocycles. The molecule has 4 N–H and O–H groups in total. The summed E-state index contributed by atoms with van der Waals surface area (Å²) in [5.74, 6) is 0.584. The van der Waals surface area contributed by atoms with Gasteiger partial charge in [-0.05, 0) is 40.5 Å². The zero-order chi connectivity index (χ0) is 14.8. The summed E-state index contributed by atoms with van der Waals surface area (Å²) < 4.78 is 28.0. The minimum absolute atomic E-state index is 0.128. The standard InChI is InChI=1S/C12H15BrN4O2S/c1-2-11(12-15-5-6-16-12)17-20(18,19)8-3-4-9(13)10(14)7-8/h3-7,11,17H,2,14H2,1H3,(H,15,16). The number of aromatic nitrogens is 2. The molecule has 20 heavy (non-hydrogen) atoms. The molecule has 0 saturated heterocycles. The molecule has 0 fully saturated rings. The minimum Gasteiger partial charge on any atom is -0.398 e. The van der Waals surface area contributed by atoms with Crippen LogP contribution >= 0.6 is 15.9 Å². The van der Waals surface area contributed by atoms with Gasteiger partial charge in [0, 0.05) is 22.6 Å². The van der Waals surface area contributed by atoms with E-state index in [0.717, 1.165) is 0 Å². The summed E-state index contributed by atoms with van der Waals surface area (Å²) in [5, 5.41) is 0. The molecule has 1 atom stereocenters. The van der Waals surface area contributed by atoms with Crippen LogP contribution in [-0.2, 0) is 10.0 Å². The lowest BCUT2D eigenvalue weighted by Crippen LogP contribution is -2.29. The summed E-state index contributed by atoms with van der Waals surface area (Å²) in [6, 6.07) is 4.12. The molecular formula is C12H15BrN4O2S. The largest absolute Gasteiger partial charge is 0.398 e. The fourth-order valence-corrected chi connectivity index (χ4v) is 3.31. The van der Waals surface area contributed by atoms with Crippen LogP contribution in [-0.4, -0.2) is 18.4 Å². The molecule has 0 radical (unpaired) electrons. The maximum Gasteiger partial charge on any atom is 0.241 e. The summed E-state index contributed by atoms with van der Waals surface area (Å²) >= 11 is 3.24. The van der Waals surface area contributed by atoms with Crippen molar-refractivity contribution in [1.82, 2.24) is 14.7 Å². The number of hydrogen-bond donors (Lipinski definition) is 3. The van der Waals surface area contributed by atoms with E-state index in [1.54, 1.807) is 18.5 Å². The number of benzene rings is 1. The minimum atomic E-state index is -3.65. The quantitative estimate of drug-likeness (QED) is 0.713. The molecule has 0 spiro atoms. The van der Waals surface area contributed by atoms with Crippen LogP contribution in [0.5, 0.6) is 0 Å². The number of nitrogens with one attached hydrogen (secondary N) is 2. The van der Waals surface area contributed by atoms with Gasteiger partial charge in [-0.3, -0.25) is 0 Å². The first-order valence-corrected chi connectivity index (χ1v) is 8.28. The summed E-state index contributed by atoms with van der Waals surface area (Å²) in [5.41, 5.74) is 6.09. The first-order valence-electron chi connectivity index (χ1n) is 6.00. The van der Waals surface area contributed by atoms with Crippen LogP contribution in [0, 0.1) is 0 Å². The van der Waals surface area contributed by atoms with Gasteiger partial charge in [0.2, 0.25) is 10.0 Å². The second-order valence-electron chi connectivity index (χ2n) is 4.24. The summed E-state index contributed by atoms with van der Waals surface area (Å²) in [6.07, 6.45) is 3.83. The molecular weight excluding hydrogens is 344 g/mol. The second kappa shape index (κ2) is 5.94. The van der Waals surface area contributed by atoms with Gasteiger partial charge in [0.25, 0.3) is 0 Å². The van der Waals surface area contributed by atoms with Crippen molar-refractivity contribution >= 4 is 31.6 Å². The molecule has 6 nitrogen and oxygen atoms in total. The highest BCUT2D eigenvalue weighted by molar-refractivity contribution is 9.10. The predicted octanol–water partition coefficient (Wildman–Crippen LogP) is 2.18. The second-order valence-corrected chi connectivity index (χ2v) is 6.81. The molecule has 108 valence electrons. The predicted molar refractivity (Wildman–Crippen MR) is 80.5 cm³/mol. The molecule has 0 saturated carbocycles. The van der Waals surface area contributed by atoms with Gasteiger partial charge >= 0.3 is 0 Å². The van der Waals surface area contributed by atoms with Crippen LogP contribution in [0.2, 0.25) is 0 Å². The number of imidazole rings is 1. The van der Waals surface area contributed by atoms with Crippen LogP contribution in [0.3, 0.4) is 0 Å². The average Bonchev–Trinajstić information content (AvgIpc) is 2.93. The summed E-state index contributed by atoms with van der Waals surface area (Å²) in [6.45, 7) is 1.88. The highest BCUT2D eigenvalue weighted by Gasteiger charge is 2.22. The molecule has 0 aliphatic carbocycles. The van der Waals surface area contributed by atoms with E-state index in [4.69, 9.17) is 5.73 Å². The number of rotatable bonds is 5. The third-order valence-electron chi connectivity index (χ3n) is 2.83. The zero-order valence-corrected chi connectivity index (χ0v) is 13.2. The van der Waals surface area contributed by atoms with Gasteiger partial charge in [0.1, 0.15) is 5.82 Å². The van der Waals surface area contributed by atoms with Gasteiger partial charge in [0.15, 0.2) is 0 Å². The maximum absolute atomic E-state index is 12.3. The van der Waals surface area contributed by atoms with E-state index < -0.39 is 16.1 Å². The molecule has 0 aliphatic heterocycles. The Kier molecular flexibility index (Phi) is 4.46. The summed E-state index contributed by atoms with van der Waals surface area (Å²) in [4.78, 5) is 7.12. The number of halogens is 1. The first kappa shape index (κ1) is 15.0. The number of sulfonamides is 1. The Morgan fingerprint density at radius 2 is 2.25 bits per heavy atom. The van der Waals surface area contributed by atoms with Gasteiger partial charge in [-0.25, -0.2) is 18.1 Å². The number of anilines is 1. The Morgan fingerprint density at radius 3 is 2.80 bits per heavy atom. The summed E-state index contributed by atoms with van der Waals surface area (Å²) in [7, 11) is -3.65. The fraction of sp³-hybridized carbons (Fsp3) is 0.250. The number of hydrogen-bond acceptors (Lipinski definition) is 4. The van der Waals surface area contributed by atoms with Crippen LogP contribution in [0.1, 0.15) is 25.2 Å². The number of aromatic amines is 1. The van der Waals surface area contributed by atoms with E-state index in [9.17, 15) is 8.42 Å². The number of nitrogen functional groups attached to an aromatic ring is 1. The Bertz CT molecular complexity index is 685. The van der Waals surface area contributed by atoms with E-state index in [1.165, 1.54) is 12.1 Å². The van der Waals surface area contributed by atoms with Crippen molar-refractivity contribution in [2.75, 3.05) is 5.73 Å². The Balaban J connectivity index is 2.28. The van der Waals surface area contributed by atoms with E-state index in [-0.39, 0.29) is 4.90 Å². The molecule has 0 amide bonds. The molecule has 0 aliphatic rings. The third kappa shape index (κ3) is 3.20. The van der Waals surface area contributed by atoms with Crippen molar-refractivity contribution in [3.63, 3.8) is 0 Å². The van der Waals surface area contributed by atoms with Gasteiger partial charge in [-0.15, -0.1) is 0 Å². The van der Waals surface area contributed by atoms with Crippen molar-refractivity contribution in [3.05, 3.63) is 40.9 Å². The highest BCUT2D eigenvalue weighted by atomic mass is 79.9. The van der Waals surface area contributed by atoms with Crippen molar-refractivity contribution < 1.29 is 8.42 Å². The van der Waals surface area contributed by atoms with E-state index in [1.807, 2.05) is 6.92 Å². The number of nitrogens with zero attached hydrogens (tertiary/aromatic N) is 1. The monoisotopic (exact) mass is 358 g/mol. The first-order chi connectivity index (χ1) is 9.44. The lowest BCUT2D eigenvalue weighted by molar-refractivity contribution is 0.539. The molecule has 2 aromatic rings. The smallest absolute Gasteiger partial charge is 0.241 e. The number of nitrogens with two attached hydrogens (primary N) is 1. The number of H-pyrrole nitrogens is 1. The van der Waals surface area contributed by atoms with Crippen molar-refractivity contribution in [1.29, 1.82) is 0 Å². The highest BCUT2D eigenvalue weighted by Crippen LogP contribution is 2.24. The van der Waals surface area contributed by atoms with Crippen molar-refractivity contribution in [2.24, 2.45) is 0 Å². The van der Waals surface area contributed by atoms with Gasteiger partial charge in [-0.2, -0.15) is 0 Å². The van der Waals surface area contributed by atoms with Gasteiger partial charge < -0.3 is 10.7 Å².